The molecule has 2 aromatic rings. The zero-order chi connectivity index (χ0) is 11.1. The maximum atomic E-state index is 5.87. The van der Waals surface area contributed by atoms with Gasteiger partial charge in [0.1, 0.15) is 15.9 Å². The molecule has 16 heavy (non-hydrogen) atoms. The third kappa shape index (κ3) is 1.42. The Bertz CT molecular complexity index is 528. The summed E-state index contributed by atoms with van der Waals surface area (Å²) in [5, 5.41) is 0. The van der Waals surface area contributed by atoms with Crippen molar-refractivity contribution in [2.45, 2.75) is 31.6 Å². The van der Waals surface area contributed by atoms with Crippen LogP contribution in [0.15, 0.2) is 17.0 Å². The SMILES string of the molecule is Nc1nccn2c(C3CCCC3)nc(Br)c12. The molecule has 0 aromatic carbocycles. The minimum atomic E-state index is 0.533. The van der Waals surface area contributed by atoms with Crippen LogP contribution in [-0.4, -0.2) is 14.4 Å². The van der Waals surface area contributed by atoms with E-state index in [9.17, 15) is 0 Å². The number of fused-ring (bicyclic) bond motifs is 1. The summed E-state index contributed by atoms with van der Waals surface area (Å²) in [6.07, 6.45) is 8.74. The van der Waals surface area contributed by atoms with Crippen LogP contribution >= 0.6 is 15.9 Å². The highest BCUT2D eigenvalue weighted by atomic mass is 79.9. The van der Waals surface area contributed by atoms with Crippen LogP contribution in [0, 0.1) is 0 Å². The monoisotopic (exact) mass is 280 g/mol. The molecule has 0 atom stereocenters. The summed E-state index contributed by atoms with van der Waals surface area (Å²) < 4.78 is 2.88. The molecule has 0 bridgehead atoms. The van der Waals surface area contributed by atoms with Gasteiger partial charge in [0.15, 0.2) is 5.82 Å². The first-order chi connectivity index (χ1) is 7.77. The first-order valence-corrected chi connectivity index (χ1v) is 6.34. The van der Waals surface area contributed by atoms with Gasteiger partial charge in [-0.1, -0.05) is 12.8 Å². The van der Waals surface area contributed by atoms with Gasteiger partial charge in [0, 0.05) is 18.3 Å². The number of nitrogens with two attached hydrogens (primary N) is 1. The number of nitrogens with zero attached hydrogens (tertiary/aromatic N) is 3. The first kappa shape index (κ1) is 10.1. The van der Waals surface area contributed by atoms with E-state index in [1.165, 1.54) is 25.7 Å². The fraction of sp³-hybridized carbons (Fsp3) is 0.455. The Morgan fingerprint density at radius 3 is 2.88 bits per heavy atom. The maximum absolute atomic E-state index is 5.87. The van der Waals surface area contributed by atoms with Crippen molar-refractivity contribution < 1.29 is 0 Å². The van der Waals surface area contributed by atoms with E-state index < -0.39 is 0 Å². The number of imidazole rings is 1. The standard InChI is InChI=1S/C11H13BrN4/c12-9-8-10(13)14-5-6-16(8)11(15-9)7-3-1-2-4-7/h5-7H,1-4H2,(H2,13,14). The van der Waals surface area contributed by atoms with E-state index in [-0.39, 0.29) is 0 Å². The molecular weight excluding hydrogens is 268 g/mol. The fourth-order valence-electron chi connectivity index (χ4n) is 2.51. The summed E-state index contributed by atoms with van der Waals surface area (Å²) in [4.78, 5) is 8.69. The van der Waals surface area contributed by atoms with Gasteiger partial charge in [-0.25, -0.2) is 9.97 Å². The summed E-state index contributed by atoms with van der Waals surface area (Å²) in [7, 11) is 0. The second kappa shape index (κ2) is 3.73. The zero-order valence-corrected chi connectivity index (χ0v) is 10.4. The van der Waals surface area contributed by atoms with Crippen molar-refractivity contribution in [1.82, 2.24) is 14.4 Å². The Kier molecular flexibility index (Phi) is 2.35. The highest BCUT2D eigenvalue weighted by Gasteiger charge is 2.23. The van der Waals surface area contributed by atoms with Crippen LogP contribution in [0.5, 0.6) is 0 Å². The molecule has 1 fully saturated rings. The number of rotatable bonds is 1. The fourth-order valence-corrected chi connectivity index (χ4v) is 3.09. The third-order valence-electron chi connectivity index (χ3n) is 3.29. The average Bonchev–Trinajstić information content (AvgIpc) is 2.86. The lowest BCUT2D eigenvalue weighted by molar-refractivity contribution is 0.664. The Labute approximate surface area is 102 Å². The van der Waals surface area contributed by atoms with Crippen molar-refractivity contribution in [3.05, 3.63) is 22.8 Å². The largest absolute Gasteiger partial charge is 0.382 e. The van der Waals surface area contributed by atoms with E-state index in [0.717, 1.165) is 15.9 Å². The van der Waals surface area contributed by atoms with E-state index >= 15 is 0 Å². The van der Waals surface area contributed by atoms with E-state index in [0.29, 0.717) is 11.7 Å². The summed E-state index contributed by atoms with van der Waals surface area (Å²) in [6.45, 7) is 0. The average molecular weight is 281 g/mol. The molecule has 0 aliphatic heterocycles. The smallest absolute Gasteiger partial charge is 0.150 e. The molecule has 84 valence electrons. The minimum Gasteiger partial charge on any atom is -0.382 e. The lowest BCUT2D eigenvalue weighted by Crippen LogP contribution is -2.01. The molecule has 2 aromatic heterocycles. The van der Waals surface area contributed by atoms with Crippen LogP contribution in [-0.2, 0) is 0 Å². The molecular formula is C11H13BrN4. The molecule has 1 saturated carbocycles. The molecule has 1 aliphatic rings. The van der Waals surface area contributed by atoms with Crippen molar-refractivity contribution in [2.24, 2.45) is 0 Å². The van der Waals surface area contributed by atoms with Gasteiger partial charge < -0.3 is 5.73 Å². The molecule has 0 unspecified atom stereocenters. The van der Waals surface area contributed by atoms with Gasteiger partial charge in [-0.15, -0.1) is 0 Å². The maximum Gasteiger partial charge on any atom is 0.150 e. The van der Waals surface area contributed by atoms with E-state index in [2.05, 4.69) is 30.3 Å². The molecule has 1 aliphatic carbocycles. The van der Waals surface area contributed by atoms with Crippen LogP contribution in [0.25, 0.3) is 5.52 Å². The van der Waals surface area contributed by atoms with Gasteiger partial charge >= 0.3 is 0 Å². The van der Waals surface area contributed by atoms with Gasteiger partial charge in [0.2, 0.25) is 0 Å². The highest BCUT2D eigenvalue weighted by molar-refractivity contribution is 9.10. The number of hydrogen-bond donors (Lipinski definition) is 1. The van der Waals surface area contributed by atoms with Crippen molar-refractivity contribution in [3.8, 4) is 0 Å². The number of anilines is 1. The Morgan fingerprint density at radius 2 is 2.12 bits per heavy atom. The van der Waals surface area contributed by atoms with Gasteiger partial charge in [-0.3, -0.25) is 4.40 Å². The number of halogens is 1. The predicted octanol–water partition coefficient (Wildman–Crippen LogP) is 2.73. The molecule has 0 radical (unpaired) electrons. The second-order valence-corrected chi connectivity index (χ2v) is 5.02. The second-order valence-electron chi connectivity index (χ2n) is 4.27. The molecule has 3 rings (SSSR count). The van der Waals surface area contributed by atoms with Crippen molar-refractivity contribution in [2.75, 3.05) is 5.73 Å². The molecule has 4 nitrogen and oxygen atoms in total. The Balaban J connectivity index is 2.22. The van der Waals surface area contributed by atoms with Gasteiger partial charge in [-0.05, 0) is 28.8 Å². The minimum absolute atomic E-state index is 0.533. The molecule has 0 spiro atoms. The van der Waals surface area contributed by atoms with Crippen molar-refractivity contribution in [1.29, 1.82) is 0 Å². The quantitative estimate of drug-likeness (QED) is 0.874. The Morgan fingerprint density at radius 1 is 1.38 bits per heavy atom. The summed E-state index contributed by atoms with van der Waals surface area (Å²) in [5.74, 6) is 2.22. The van der Waals surface area contributed by atoms with Crippen LogP contribution < -0.4 is 5.73 Å². The van der Waals surface area contributed by atoms with Gasteiger partial charge in [0.05, 0.1) is 0 Å². The third-order valence-corrected chi connectivity index (χ3v) is 3.84. The molecule has 0 saturated heterocycles. The van der Waals surface area contributed by atoms with Crippen molar-refractivity contribution in [3.63, 3.8) is 0 Å². The molecule has 0 amide bonds. The Hall–Kier alpha value is -1.10. The highest BCUT2D eigenvalue weighted by Crippen LogP contribution is 2.36. The van der Waals surface area contributed by atoms with E-state index in [1.807, 2.05) is 6.20 Å². The van der Waals surface area contributed by atoms with E-state index in [1.54, 1.807) is 6.20 Å². The van der Waals surface area contributed by atoms with E-state index in [4.69, 9.17) is 5.73 Å². The normalized spacial score (nSPS) is 17.3. The summed E-state index contributed by atoms with van der Waals surface area (Å²) in [5.41, 5.74) is 6.76. The first-order valence-electron chi connectivity index (χ1n) is 5.55. The zero-order valence-electron chi connectivity index (χ0n) is 8.86. The van der Waals surface area contributed by atoms with Crippen LogP contribution in [0.2, 0.25) is 0 Å². The topological polar surface area (TPSA) is 56.2 Å². The van der Waals surface area contributed by atoms with Crippen molar-refractivity contribution >= 4 is 27.3 Å². The molecule has 2 heterocycles. The van der Waals surface area contributed by atoms with Crippen LogP contribution in [0.1, 0.15) is 37.4 Å². The predicted molar refractivity (Wildman–Crippen MR) is 66.3 cm³/mol. The molecule has 5 heteroatoms. The molecule has 2 N–H and O–H groups in total. The summed E-state index contributed by atoms with van der Waals surface area (Å²) in [6, 6.07) is 0. The van der Waals surface area contributed by atoms with Crippen LogP contribution in [0.3, 0.4) is 0 Å². The van der Waals surface area contributed by atoms with Gasteiger partial charge in [-0.2, -0.15) is 0 Å². The lowest BCUT2D eigenvalue weighted by Gasteiger charge is -2.07. The van der Waals surface area contributed by atoms with Crippen LogP contribution in [0.4, 0.5) is 5.82 Å². The summed E-state index contributed by atoms with van der Waals surface area (Å²) >= 11 is 3.46. The lowest BCUT2D eigenvalue weighted by atomic mass is 10.1. The number of nitrogen functional groups attached to an aromatic ring is 1. The number of hydrogen-bond acceptors (Lipinski definition) is 3. The van der Waals surface area contributed by atoms with Gasteiger partial charge in [0.25, 0.3) is 0 Å². The number of aromatic nitrogens is 3.